The third-order valence-electron chi connectivity index (χ3n) is 4.65. The van der Waals surface area contributed by atoms with Crippen LogP contribution < -0.4 is 5.32 Å². The normalized spacial score (nSPS) is 17.8. The van der Waals surface area contributed by atoms with Crippen molar-refractivity contribution in [1.82, 2.24) is 10.3 Å². The number of thiocarbonyl (C=S) groups is 1. The molecule has 31 heavy (non-hydrogen) atoms. The molecule has 2 aromatic rings. The molecule has 0 bridgehead atoms. The molecular weight excluding hydrogens is 434 g/mol. The van der Waals surface area contributed by atoms with E-state index in [0.717, 1.165) is 21.2 Å². The van der Waals surface area contributed by atoms with Crippen LogP contribution in [-0.2, 0) is 11.3 Å². The third kappa shape index (κ3) is 5.46. The number of benzene rings is 1. The summed E-state index contributed by atoms with van der Waals surface area (Å²) in [7, 11) is 1.71. The maximum absolute atomic E-state index is 11.2. The summed E-state index contributed by atoms with van der Waals surface area (Å²) in [5.41, 5.74) is 1.98. The summed E-state index contributed by atoms with van der Waals surface area (Å²) in [5.74, 6) is 0.155. The SMILES string of the molecule is CNC(=S)OC[N+]1(Cc2cccnc2)C=NC(C(C)C)=C1Sc1cccc([N+](=O)[O-])c1. The Balaban J connectivity index is 2.04. The molecule has 0 radical (unpaired) electrons. The van der Waals surface area contributed by atoms with E-state index in [2.05, 4.69) is 24.1 Å². The van der Waals surface area contributed by atoms with Crippen molar-refractivity contribution >= 4 is 41.2 Å². The number of aromatic nitrogens is 1. The topological polar surface area (TPSA) is 89.7 Å². The molecule has 1 aliphatic rings. The van der Waals surface area contributed by atoms with Crippen molar-refractivity contribution in [2.24, 2.45) is 10.9 Å². The van der Waals surface area contributed by atoms with Gasteiger partial charge in [-0.15, -0.1) is 0 Å². The molecule has 0 saturated carbocycles. The van der Waals surface area contributed by atoms with Crippen molar-refractivity contribution in [3.63, 3.8) is 0 Å². The van der Waals surface area contributed by atoms with Gasteiger partial charge in [0, 0.05) is 48.0 Å². The Kier molecular flexibility index (Phi) is 7.37. The van der Waals surface area contributed by atoms with Gasteiger partial charge in [-0.1, -0.05) is 26.0 Å². The fourth-order valence-corrected chi connectivity index (χ4v) is 4.47. The van der Waals surface area contributed by atoms with Gasteiger partial charge in [0.2, 0.25) is 11.8 Å². The number of rotatable bonds is 8. The first-order valence-corrected chi connectivity index (χ1v) is 10.9. The molecule has 0 aliphatic carbocycles. The minimum atomic E-state index is -0.390. The predicted molar refractivity (Wildman–Crippen MR) is 125 cm³/mol. The first-order valence-electron chi connectivity index (χ1n) is 9.67. The van der Waals surface area contributed by atoms with Gasteiger partial charge in [0.05, 0.1) is 4.92 Å². The van der Waals surface area contributed by atoms with Gasteiger partial charge in [0.15, 0.2) is 6.34 Å². The van der Waals surface area contributed by atoms with Gasteiger partial charge in [-0.05, 0) is 36.1 Å². The average molecular weight is 459 g/mol. The van der Waals surface area contributed by atoms with E-state index in [1.807, 2.05) is 30.7 Å². The largest absolute Gasteiger partial charge is 0.419 e. The molecule has 1 aromatic heterocycles. The molecular formula is C21H24N5O3S2+. The predicted octanol–water partition coefficient (Wildman–Crippen LogP) is 4.44. The molecule has 0 fully saturated rings. The van der Waals surface area contributed by atoms with Crippen molar-refractivity contribution in [2.75, 3.05) is 13.8 Å². The molecule has 8 nitrogen and oxygen atoms in total. The summed E-state index contributed by atoms with van der Waals surface area (Å²) in [6, 6.07) is 10.5. The lowest BCUT2D eigenvalue weighted by Crippen LogP contribution is -2.45. The van der Waals surface area contributed by atoms with Gasteiger partial charge in [-0.25, -0.2) is 9.48 Å². The zero-order chi connectivity index (χ0) is 22.4. The van der Waals surface area contributed by atoms with Crippen LogP contribution in [0.4, 0.5) is 5.69 Å². The highest BCUT2D eigenvalue weighted by atomic mass is 32.2. The fourth-order valence-electron chi connectivity index (χ4n) is 3.13. The number of pyridine rings is 1. The standard InChI is InChI=1S/C21H23N5O3S2/c1-15(2)19-20(31-18-8-4-7-17(10-18)25(27)28)26(13-24-19,14-29-21(30)22-3)12-16-6-5-9-23-11-16/h4-11,13,15H,12,14H2,1-3H3/p+1. The molecule has 1 unspecified atom stereocenters. The number of ether oxygens (including phenoxy) is 1. The van der Waals surface area contributed by atoms with Gasteiger partial charge >= 0.3 is 0 Å². The number of hydrogen-bond donors (Lipinski definition) is 1. The Bertz CT molecular complexity index is 1030. The van der Waals surface area contributed by atoms with Crippen LogP contribution in [0.2, 0.25) is 0 Å². The van der Waals surface area contributed by atoms with E-state index in [9.17, 15) is 10.1 Å². The lowest BCUT2D eigenvalue weighted by molar-refractivity contribution is -0.819. The molecule has 1 atom stereocenters. The summed E-state index contributed by atoms with van der Waals surface area (Å²) in [6.07, 6.45) is 5.40. The molecule has 1 aliphatic heterocycles. The van der Waals surface area contributed by atoms with Crippen LogP contribution in [0.3, 0.4) is 0 Å². The number of thioether (sulfide) groups is 1. The lowest BCUT2D eigenvalue weighted by Gasteiger charge is -2.32. The highest BCUT2D eigenvalue weighted by Crippen LogP contribution is 2.43. The highest BCUT2D eigenvalue weighted by Gasteiger charge is 2.42. The van der Waals surface area contributed by atoms with Crippen molar-refractivity contribution in [3.05, 3.63) is 75.2 Å². The smallest absolute Gasteiger partial charge is 0.270 e. The molecule has 2 heterocycles. The van der Waals surface area contributed by atoms with E-state index in [1.165, 1.54) is 17.8 Å². The van der Waals surface area contributed by atoms with Gasteiger partial charge in [0.25, 0.3) is 10.9 Å². The van der Waals surface area contributed by atoms with Crippen LogP contribution in [0, 0.1) is 16.0 Å². The zero-order valence-corrected chi connectivity index (χ0v) is 19.2. The molecule has 1 N–H and O–H groups in total. The number of nitro groups is 1. The molecule has 162 valence electrons. The monoisotopic (exact) mass is 458 g/mol. The van der Waals surface area contributed by atoms with E-state index < -0.39 is 0 Å². The molecule has 10 heteroatoms. The second-order valence-corrected chi connectivity index (χ2v) is 8.74. The Morgan fingerprint density at radius 1 is 1.35 bits per heavy atom. The second-order valence-electron chi connectivity index (χ2n) is 7.31. The highest BCUT2D eigenvalue weighted by molar-refractivity contribution is 8.02. The van der Waals surface area contributed by atoms with E-state index in [4.69, 9.17) is 21.9 Å². The van der Waals surface area contributed by atoms with Crippen LogP contribution in [0.15, 0.2) is 69.4 Å². The van der Waals surface area contributed by atoms with Crippen LogP contribution in [0.25, 0.3) is 0 Å². The second kappa shape index (κ2) is 9.99. The third-order valence-corrected chi connectivity index (χ3v) is 6.23. The summed E-state index contributed by atoms with van der Waals surface area (Å²) >= 11 is 6.66. The van der Waals surface area contributed by atoms with Crippen LogP contribution in [-0.4, -0.2) is 39.7 Å². The van der Waals surface area contributed by atoms with E-state index >= 15 is 0 Å². The number of aliphatic imine (C=N–C) groups is 1. The fraction of sp³-hybridized carbons (Fsp3) is 0.286. The zero-order valence-electron chi connectivity index (χ0n) is 17.5. The first kappa shape index (κ1) is 22.9. The summed E-state index contributed by atoms with van der Waals surface area (Å²) in [4.78, 5) is 20.6. The number of allylic oxidation sites excluding steroid dienone is 1. The molecule has 0 saturated heterocycles. The Morgan fingerprint density at radius 2 is 2.16 bits per heavy atom. The summed E-state index contributed by atoms with van der Waals surface area (Å²) in [5, 5.41) is 15.3. The number of quaternary nitrogens is 1. The Hall–Kier alpha value is -2.82. The van der Waals surface area contributed by atoms with Crippen molar-refractivity contribution in [2.45, 2.75) is 25.3 Å². The van der Waals surface area contributed by atoms with Gasteiger partial charge in [-0.2, -0.15) is 0 Å². The lowest BCUT2D eigenvalue weighted by atomic mass is 10.1. The molecule has 0 spiro atoms. The van der Waals surface area contributed by atoms with Gasteiger partial charge in [0.1, 0.15) is 12.2 Å². The number of hydrogen-bond acceptors (Lipinski definition) is 7. The van der Waals surface area contributed by atoms with Gasteiger partial charge < -0.3 is 10.1 Å². The van der Waals surface area contributed by atoms with Crippen molar-refractivity contribution < 1.29 is 14.1 Å². The quantitative estimate of drug-likeness (QED) is 0.271. The number of nitrogens with zero attached hydrogens (tertiary/aromatic N) is 4. The van der Waals surface area contributed by atoms with Crippen LogP contribution in [0.5, 0.6) is 0 Å². The van der Waals surface area contributed by atoms with E-state index in [-0.39, 0.29) is 32.9 Å². The average Bonchev–Trinajstić information content (AvgIpc) is 3.11. The Morgan fingerprint density at radius 3 is 2.81 bits per heavy atom. The molecule has 0 amide bonds. The summed E-state index contributed by atoms with van der Waals surface area (Å²) < 4.78 is 6.11. The van der Waals surface area contributed by atoms with E-state index in [1.54, 1.807) is 25.4 Å². The van der Waals surface area contributed by atoms with Crippen LogP contribution in [0.1, 0.15) is 19.4 Å². The minimum Gasteiger partial charge on any atom is -0.419 e. The minimum absolute atomic E-state index is 0.0496. The Labute approximate surface area is 190 Å². The number of nitro benzene ring substituents is 1. The van der Waals surface area contributed by atoms with E-state index in [0.29, 0.717) is 6.54 Å². The number of non-ortho nitro benzene ring substituents is 1. The maximum Gasteiger partial charge on any atom is 0.270 e. The maximum atomic E-state index is 11.2. The molecule has 3 rings (SSSR count). The van der Waals surface area contributed by atoms with Crippen molar-refractivity contribution in [1.29, 1.82) is 0 Å². The molecule has 1 aromatic carbocycles. The number of nitrogens with one attached hydrogen (secondary N) is 1. The first-order chi connectivity index (χ1) is 14.8. The van der Waals surface area contributed by atoms with Crippen molar-refractivity contribution in [3.8, 4) is 0 Å². The van der Waals surface area contributed by atoms with Gasteiger partial charge in [-0.3, -0.25) is 15.1 Å². The van der Waals surface area contributed by atoms with Crippen LogP contribution >= 0.6 is 24.0 Å². The summed E-state index contributed by atoms with van der Waals surface area (Å²) in [6.45, 7) is 4.93.